The molecule has 0 aliphatic carbocycles. The molecule has 0 atom stereocenters. The van der Waals surface area contributed by atoms with Gasteiger partial charge in [0.1, 0.15) is 17.5 Å². The molecule has 1 aromatic heterocycles. The number of hydrogen-bond donors (Lipinski definition) is 2. The lowest BCUT2D eigenvalue weighted by atomic mass is 10.3. The van der Waals surface area contributed by atoms with E-state index >= 15 is 0 Å². The first-order valence-corrected chi connectivity index (χ1v) is 5.67. The first-order chi connectivity index (χ1) is 8.28. The number of nitrogens with one attached hydrogen (secondary N) is 2. The van der Waals surface area contributed by atoms with E-state index in [-0.39, 0.29) is 5.82 Å². The number of halogens is 1. The van der Waals surface area contributed by atoms with Crippen molar-refractivity contribution in [2.45, 2.75) is 19.8 Å². The number of aryl methyl sites for hydroxylation is 1. The number of aromatic amines is 1. The zero-order valence-electron chi connectivity index (χ0n) is 9.70. The monoisotopic (exact) mass is 234 g/mol. The van der Waals surface area contributed by atoms with Crippen molar-refractivity contribution in [3.63, 3.8) is 0 Å². The summed E-state index contributed by atoms with van der Waals surface area (Å²) in [5.41, 5.74) is 0.778. The standard InChI is InChI=1S/C12H15FN4/c1-2-11-15-12(17-16-11)6-7-14-10-5-3-4-9(13)8-10/h3-5,8,14H,2,6-7H2,1H3,(H,15,16,17). The molecular weight excluding hydrogens is 219 g/mol. The van der Waals surface area contributed by atoms with Crippen molar-refractivity contribution in [1.82, 2.24) is 15.2 Å². The molecule has 2 N–H and O–H groups in total. The minimum Gasteiger partial charge on any atom is -0.385 e. The number of nitrogens with zero attached hydrogens (tertiary/aromatic N) is 2. The maximum atomic E-state index is 12.9. The van der Waals surface area contributed by atoms with Crippen molar-refractivity contribution in [2.24, 2.45) is 0 Å². The van der Waals surface area contributed by atoms with Crippen LogP contribution in [0.3, 0.4) is 0 Å². The second kappa shape index (κ2) is 5.43. The molecule has 0 saturated heterocycles. The molecule has 0 bridgehead atoms. The molecule has 1 aromatic carbocycles. The predicted molar refractivity (Wildman–Crippen MR) is 64.4 cm³/mol. The lowest BCUT2D eigenvalue weighted by molar-refractivity contribution is 0.628. The van der Waals surface area contributed by atoms with Crippen LogP contribution < -0.4 is 5.32 Å². The summed E-state index contributed by atoms with van der Waals surface area (Å²) >= 11 is 0. The maximum absolute atomic E-state index is 12.9. The van der Waals surface area contributed by atoms with E-state index < -0.39 is 0 Å². The van der Waals surface area contributed by atoms with Crippen LogP contribution in [0, 0.1) is 5.82 Å². The third-order valence-electron chi connectivity index (χ3n) is 2.41. The largest absolute Gasteiger partial charge is 0.385 e. The molecule has 5 heteroatoms. The van der Waals surface area contributed by atoms with E-state index in [1.807, 2.05) is 13.0 Å². The third-order valence-corrected chi connectivity index (χ3v) is 2.41. The Bertz CT molecular complexity index is 481. The van der Waals surface area contributed by atoms with Gasteiger partial charge in [-0.2, -0.15) is 5.10 Å². The quantitative estimate of drug-likeness (QED) is 0.833. The van der Waals surface area contributed by atoms with Crippen LogP contribution >= 0.6 is 0 Å². The summed E-state index contributed by atoms with van der Waals surface area (Å²) in [4.78, 5) is 4.30. The van der Waals surface area contributed by atoms with Crippen LogP contribution in [0.5, 0.6) is 0 Å². The van der Waals surface area contributed by atoms with Crippen LogP contribution in [-0.4, -0.2) is 21.7 Å². The van der Waals surface area contributed by atoms with E-state index in [1.165, 1.54) is 12.1 Å². The summed E-state index contributed by atoms with van der Waals surface area (Å²) in [5, 5.41) is 10.1. The first kappa shape index (κ1) is 11.6. The van der Waals surface area contributed by atoms with Gasteiger partial charge in [-0.25, -0.2) is 9.37 Å². The summed E-state index contributed by atoms with van der Waals surface area (Å²) in [6.07, 6.45) is 1.57. The van der Waals surface area contributed by atoms with Gasteiger partial charge in [-0.15, -0.1) is 0 Å². The van der Waals surface area contributed by atoms with Gasteiger partial charge in [0.2, 0.25) is 0 Å². The molecule has 0 amide bonds. The number of rotatable bonds is 5. The summed E-state index contributed by atoms with van der Waals surface area (Å²) in [6.45, 7) is 2.71. The summed E-state index contributed by atoms with van der Waals surface area (Å²) < 4.78 is 12.9. The average Bonchev–Trinajstić information content (AvgIpc) is 2.77. The highest BCUT2D eigenvalue weighted by Crippen LogP contribution is 2.08. The second-order valence-corrected chi connectivity index (χ2v) is 3.74. The van der Waals surface area contributed by atoms with Gasteiger partial charge in [-0.1, -0.05) is 13.0 Å². The zero-order valence-corrected chi connectivity index (χ0v) is 9.70. The molecule has 90 valence electrons. The topological polar surface area (TPSA) is 53.6 Å². The fourth-order valence-electron chi connectivity index (χ4n) is 1.53. The van der Waals surface area contributed by atoms with Crippen LogP contribution in [0.25, 0.3) is 0 Å². The van der Waals surface area contributed by atoms with Crippen molar-refractivity contribution in [2.75, 3.05) is 11.9 Å². The molecule has 4 nitrogen and oxygen atoms in total. The van der Waals surface area contributed by atoms with Crippen LogP contribution in [0.1, 0.15) is 18.6 Å². The fourth-order valence-corrected chi connectivity index (χ4v) is 1.53. The van der Waals surface area contributed by atoms with Crippen molar-refractivity contribution in [3.8, 4) is 0 Å². The highest BCUT2D eigenvalue weighted by atomic mass is 19.1. The highest BCUT2D eigenvalue weighted by molar-refractivity contribution is 5.42. The molecule has 0 unspecified atom stereocenters. The van der Waals surface area contributed by atoms with Gasteiger partial charge in [0.25, 0.3) is 0 Å². The van der Waals surface area contributed by atoms with Gasteiger partial charge in [0, 0.05) is 25.1 Å². The Morgan fingerprint density at radius 1 is 1.41 bits per heavy atom. The van der Waals surface area contributed by atoms with E-state index in [4.69, 9.17) is 0 Å². The van der Waals surface area contributed by atoms with E-state index in [1.54, 1.807) is 6.07 Å². The molecule has 0 aliphatic heterocycles. The van der Waals surface area contributed by atoms with Crippen LogP contribution in [-0.2, 0) is 12.8 Å². The molecule has 1 heterocycles. The van der Waals surface area contributed by atoms with Crippen molar-refractivity contribution in [1.29, 1.82) is 0 Å². The normalized spacial score (nSPS) is 10.5. The lowest BCUT2D eigenvalue weighted by Crippen LogP contribution is -2.06. The molecule has 2 aromatic rings. The SMILES string of the molecule is CCc1n[nH]c(CCNc2cccc(F)c2)n1. The Morgan fingerprint density at radius 2 is 2.29 bits per heavy atom. The fraction of sp³-hybridized carbons (Fsp3) is 0.333. The van der Waals surface area contributed by atoms with Crippen LogP contribution in [0.4, 0.5) is 10.1 Å². The van der Waals surface area contributed by atoms with Gasteiger partial charge in [-0.05, 0) is 18.2 Å². The molecule has 17 heavy (non-hydrogen) atoms. The van der Waals surface area contributed by atoms with Crippen LogP contribution in [0.15, 0.2) is 24.3 Å². The second-order valence-electron chi connectivity index (χ2n) is 3.74. The van der Waals surface area contributed by atoms with Crippen molar-refractivity contribution >= 4 is 5.69 Å². The predicted octanol–water partition coefficient (Wildman–Crippen LogP) is 2.16. The van der Waals surface area contributed by atoms with Crippen LogP contribution in [0.2, 0.25) is 0 Å². The molecule has 0 saturated carbocycles. The summed E-state index contributed by atoms with van der Waals surface area (Å²) in [7, 11) is 0. The van der Waals surface area contributed by atoms with Gasteiger partial charge in [0.05, 0.1) is 0 Å². The Morgan fingerprint density at radius 3 is 3.00 bits per heavy atom. The van der Waals surface area contributed by atoms with E-state index in [9.17, 15) is 4.39 Å². The minimum absolute atomic E-state index is 0.233. The number of H-pyrrole nitrogens is 1. The molecular formula is C12H15FN4. The Hall–Kier alpha value is -1.91. The van der Waals surface area contributed by atoms with Crippen molar-refractivity contribution < 1.29 is 4.39 Å². The molecule has 0 spiro atoms. The number of anilines is 1. The minimum atomic E-state index is -0.233. The number of hydrogen-bond acceptors (Lipinski definition) is 3. The lowest BCUT2D eigenvalue weighted by Gasteiger charge is -2.04. The average molecular weight is 234 g/mol. The van der Waals surface area contributed by atoms with Gasteiger partial charge < -0.3 is 5.32 Å². The number of benzene rings is 1. The Balaban J connectivity index is 1.83. The van der Waals surface area contributed by atoms with E-state index in [2.05, 4.69) is 20.5 Å². The Labute approximate surface area is 99.3 Å². The van der Waals surface area contributed by atoms with Gasteiger partial charge >= 0.3 is 0 Å². The maximum Gasteiger partial charge on any atom is 0.150 e. The molecule has 0 radical (unpaired) electrons. The van der Waals surface area contributed by atoms with Crippen molar-refractivity contribution in [3.05, 3.63) is 41.7 Å². The first-order valence-electron chi connectivity index (χ1n) is 5.67. The molecule has 0 aliphatic rings. The Kier molecular flexibility index (Phi) is 3.69. The van der Waals surface area contributed by atoms with E-state index in [0.29, 0.717) is 6.54 Å². The van der Waals surface area contributed by atoms with Gasteiger partial charge in [0.15, 0.2) is 0 Å². The third kappa shape index (κ3) is 3.27. The highest BCUT2D eigenvalue weighted by Gasteiger charge is 2.00. The zero-order chi connectivity index (χ0) is 12.1. The van der Waals surface area contributed by atoms with E-state index in [0.717, 1.165) is 30.2 Å². The molecule has 2 rings (SSSR count). The smallest absolute Gasteiger partial charge is 0.150 e. The summed E-state index contributed by atoms with van der Waals surface area (Å²) in [5.74, 6) is 1.44. The summed E-state index contributed by atoms with van der Waals surface area (Å²) in [6, 6.07) is 6.41. The molecule has 0 fully saturated rings. The number of aromatic nitrogens is 3. The van der Waals surface area contributed by atoms with Gasteiger partial charge in [-0.3, -0.25) is 5.10 Å².